The smallest absolute Gasteiger partial charge is 0.253 e. The van der Waals surface area contributed by atoms with E-state index in [1.54, 1.807) is 0 Å². The lowest BCUT2D eigenvalue weighted by Crippen LogP contribution is -2.41. The summed E-state index contributed by atoms with van der Waals surface area (Å²) in [6.07, 6.45) is -1.53. The Kier molecular flexibility index (Phi) is 5.48. The summed E-state index contributed by atoms with van der Waals surface area (Å²) >= 11 is 0. The van der Waals surface area contributed by atoms with Crippen LogP contribution in [0.4, 0.5) is 11.4 Å². The lowest BCUT2D eigenvalue weighted by molar-refractivity contribution is -0.116. The van der Waals surface area contributed by atoms with E-state index in [0.717, 1.165) is 6.08 Å². The number of rotatable bonds is 8. The zero-order valence-corrected chi connectivity index (χ0v) is 12.4. The first-order valence-electron chi connectivity index (χ1n) is 7.14. The number of ether oxygens (including phenoxy) is 1. The number of nitrogens with one attached hydrogen (secondary N) is 3. The molecule has 1 aliphatic rings. The van der Waals surface area contributed by atoms with Gasteiger partial charge in [0.25, 0.3) is 10.9 Å². The van der Waals surface area contributed by atoms with Crippen LogP contribution in [0.3, 0.4) is 0 Å². The number of carbonyl (C=O) groups is 1. The molecule has 126 valence electrons. The van der Waals surface area contributed by atoms with Crippen LogP contribution in [0.15, 0.2) is 22.2 Å². The van der Waals surface area contributed by atoms with E-state index in [-0.39, 0.29) is 43.5 Å². The molecular formula is C14H19N3O6. The summed E-state index contributed by atoms with van der Waals surface area (Å²) < 4.78 is 5.17. The van der Waals surface area contributed by atoms with E-state index in [0.29, 0.717) is 0 Å². The molecule has 1 saturated heterocycles. The third-order valence-electron chi connectivity index (χ3n) is 3.56. The molecule has 1 fully saturated rings. The van der Waals surface area contributed by atoms with Crippen molar-refractivity contribution in [3.05, 3.63) is 33.1 Å². The van der Waals surface area contributed by atoms with E-state index in [2.05, 4.69) is 22.5 Å². The number of aliphatic hydroxyl groups excluding tert-OH is 2. The van der Waals surface area contributed by atoms with Crippen LogP contribution in [0, 0.1) is 0 Å². The van der Waals surface area contributed by atoms with Gasteiger partial charge in [0, 0.05) is 19.6 Å². The molecule has 0 bridgehead atoms. The van der Waals surface area contributed by atoms with Gasteiger partial charge in [0.15, 0.2) is 0 Å². The van der Waals surface area contributed by atoms with Gasteiger partial charge in [0.1, 0.15) is 29.7 Å². The van der Waals surface area contributed by atoms with E-state index < -0.39 is 29.2 Å². The first kappa shape index (κ1) is 17.1. The van der Waals surface area contributed by atoms with Crippen molar-refractivity contribution in [2.75, 3.05) is 36.9 Å². The zero-order chi connectivity index (χ0) is 17.0. The monoisotopic (exact) mass is 325 g/mol. The second-order valence-corrected chi connectivity index (χ2v) is 5.14. The largest absolute Gasteiger partial charge is 0.388 e. The van der Waals surface area contributed by atoms with E-state index in [1.165, 1.54) is 0 Å². The standard InChI is InChI=1S/C14H19N3O6/c1-2-9(19)15-3-4-16-10-11(14(22)13(10)21)17-5-8-12(20)7(18)6-23-8/h2,7-8,12,16-18,20H,1,3-6H2,(H,15,19)/t7-,8+,12-/m0/s1. The van der Waals surface area contributed by atoms with Gasteiger partial charge in [-0.05, 0) is 6.08 Å². The number of anilines is 2. The van der Waals surface area contributed by atoms with Gasteiger partial charge in [-0.1, -0.05) is 6.58 Å². The van der Waals surface area contributed by atoms with Gasteiger partial charge >= 0.3 is 0 Å². The van der Waals surface area contributed by atoms with Gasteiger partial charge < -0.3 is 30.9 Å². The molecule has 1 aromatic rings. The summed E-state index contributed by atoms with van der Waals surface area (Å²) in [5.41, 5.74) is -1.05. The molecule has 1 aromatic carbocycles. The first-order chi connectivity index (χ1) is 11.0. The lowest BCUT2D eigenvalue weighted by atomic mass is 10.1. The van der Waals surface area contributed by atoms with Crippen LogP contribution in [-0.2, 0) is 9.53 Å². The van der Waals surface area contributed by atoms with Gasteiger partial charge in [0.2, 0.25) is 5.91 Å². The predicted octanol–water partition coefficient (Wildman–Crippen LogP) is -2.47. The Hall–Kier alpha value is -2.23. The minimum atomic E-state index is -1.04. The molecule has 1 heterocycles. The van der Waals surface area contributed by atoms with Crippen molar-refractivity contribution in [1.82, 2.24) is 5.32 Å². The normalized spacial score (nSPS) is 23.7. The molecule has 9 heteroatoms. The van der Waals surface area contributed by atoms with Crippen molar-refractivity contribution in [3.63, 3.8) is 0 Å². The fourth-order valence-electron chi connectivity index (χ4n) is 2.22. The molecular weight excluding hydrogens is 306 g/mol. The van der Waals surface area contributed by atoms with Crippen molar-refractivity contribution in [1.29, 1.82) is 0 Å². The molecule has 9 nitrogen and oxygen atoms in total. The highest BCUT2D eigenvalue weighted by molar-refractivity contribution is 5.86. The highest BCUT2D eigenvalue weighted by Gasteiger charge is 2.35. The second kappa shape index (κ2) is 7.36. The van der Waals surface area contributed by atoms with Crippen LogP contribution >= 0.6 is 0 Å². The Bertz CT molecular complexity index is 651. The van der Waals surface area contributed by atoms with Crippen LogP contribution in [0.2, 0.25) is 0 Å². The molecule has 0 unspecified atom stereocenters. The molecule has 0 aromatic heterocycles. The van der Waals surface area contributed by atoms with E-state index in [9.17, 15) is 24.6 Å². The fourth-order valence-corrected chi connectivity index (χ4v) is 2.22. The van der Waals surface area contributed by atoms with Crippen molar-refractivity contribution >= 4 is 17.3 Å². The maximum Gasteiger partial charge on any atom is 0.253 e. The van der Waals surface area contributed by atoms with Gasteiger partial charge in [-0.2, -0.15) is 0 Å². The lowest BCUT2D eigenvalue weighted by Gasteiger charge is -2.19. The summed E-state index contributed by atoms with van der Waals surface area (Å²) in [7, 11) is 0. The van der Waals surface area contributed by atoms with E-state index >= 15 is 0 Å². The van der Waals surface area contributed by atoms with Crippen LogP contribution in [0.1, 0.15) is 0 Å². The molecule has 23 heavy (non-hydrogen) atoms. The quantitative estimate of drug-likeness (QED) is 0.201. The maximum absolute atomic E-state index is 11.6. The number of aliphatic hydroxyl groups is 2. The number of carbonyl (C=O) groups excluding carboxylic acids is 1. The molecule has 2 rings (SSSR count). The van der Waals surface area contributed by atoms with E-state index in [1.807, 2.05) is 0 Å². The maximum atomic E-state index is 11.6. The zero-order valence-electron chi connectivity index (χ0n) is 12.4. The minimum absolute atomic E-state index is 0.0214. The fraction of sp³-hybridized carbons (Fsp3) is 0.500. The molecule has 0 saturated carbocycles. The third-order valence-corrected chi connectivity index (χ3v) is 3.56. The van der Waals surface area contributed by atoms with Crippen molar-refractivity contribution in [3.8, 4) is 0 Å². The molecule has 3 atom stereocenters. The highest BCUT2D eigenvalue weighted by atomic mass is 16.5. The molecule has 5 N–H and O–H groups in total. The predicted molar refractivity (Wildman–Crippen MR) is 83.3 cm³/mol. The van der Waals surface area contributed by atoms with Crippen LogP contribution < -0.4 is 26.8 Å². The molecule has 0 radical (unpaired) electrons. The summed E-state index contributed by atoms with van der Waals surface area (Å²) in [6, 6.07) is 0. The summed E-state index contributed by atoms with van der Waals surface area (Å²) in [6.45, 7) is 3.95. The Morgan fingerprint density at radius 3 is 2.43 bits per heavy atom. The van der Waals surface area contributed by atoms with Crippen LogP contribution in [-0.4, -0.2) is 60.7 Å². The summed E-state index contributed by atoms with van der Waals surface area (Å²) in [4.78, 5) is 34.1. The van der Waals surface area contributed by atoms with Crippen LogP contribution in [0.5, 0.6) is 0 Å². The summed E-state index contributed by atoms with van der Waals surface area (Å²) in [5.74, 6) is -0.332. The average molecular weight is 325 g/mol. The molecule has 0 spiro atoms. The highest BCUT2D eigenvalue weighted by Crippen LogP contribution is 2.18. The summed E-state index contributed by atoms with van der Waals surface area (Å²) in [5, 5.41) is 27.1. The number of amides is 1. The Balaban J connectivity index is 1.85. The Morgan fingerprint density at radius 2 is 1.87 bits per heavy atom. The number of hydrogen-bond donors (Lipinski definition) is 5. The molecule has 0 aliphatic carbocycles. The second-order valence-electron chi connectivity index (χ2n) is 5.14. The van der Waals surface area contributed by atoms with Crippen LogP contribution in [0.25, 0.3) is 0 Å². The molecule has 1 amide bonds. The van der Waals surface area contributed by atoms with Gasteiger partial charge in [0.05, 0.1) is 6.61 Å². The van der Waals surface area contributed by atoms with Gasteiger partial charge in [-0.15, -0.1) is 0 Å². The SMILES string of the molecule is C=CC(=O)NCCNc1c(NC[C@H]2OC[C@H](O)[C@@H]2O)c(=O)c1=O. The number of hydrogen-bond acceptors (Lipinski definition) is 8. The molecule has 1 aliphatic heterocycles. The Morgan fingerprint density at radius 1 is 1.22 bits per heavy atom. The topological polar surface area (TPSA) is 137 Å². The van der Waals surface area contributed by atoms with Crippen molar-refractivity contribution in [2.45, 2.75) is 18.3 Å². The van der Waals surface area contributed by atoms with Crippen molar-refractivity contribution < 1.29 is 19.7 Å². The van der Waals surface area contributed by atoms with Gasteiger partial charge in [-0.25, -0.2) is 0 Å². The Labute approximate surface area is 131 Å². The third kappa shape index (κ3) is 3.76. The average Bonchev–Trinajstić information content (AvgIpc) is 2.87. The first-order valence-corrected chi connectivity index (χ1v) is 7.14. The van der Waals surface area contributed by atoms with Gasteiger partial charge in [-0.3, -0.25) is 14.4 Å². The minimum Gasteiger partial charge on any atom is -0.388 e. The van der Waals surface area contributed by atoms with E-state index in [4.69, 9.17) is 4.74 Å². The van der Waals surface area contributed by atoms with Crippen molar-refractivity contribution in [2.24, 2.45) is 0 Å².